The molecule has 0 amide bonds. The van der Waals surface area contributed by atoms with Crippen molar-refractivity contribution in [2.75, 3.05) is 11.6 Å². The van der Waals surface area contributed by atoms with Crippen molar-refractivity contribution in [1.82, 2.24) is 5.43 Å². The van der Waals surface area contributed by atoms with E-state index in [0.717, 1.165) is 22.8 Å². The van der Waals surface area contributed by atoms with E-state index in [4.69, 9.17) is 12.2 Å². The molecule has 110 valence electrons. The maximum atomic E-state index is 5.53. The van der Waals surface area contributed by atoms with Gasteiger partial charge in [-0.2, -0.15) is 0 Å². The molecule has 0 aliphatic carbocycles. The molecule has 0 bridgehead atoms. The van der Waals surface area contributed by atoms with E-state index in [2.05, 4.69) is 43.3 Å². The van der Waals surface area contributed by atoms with Crippen LogP contribution in [0.3, 0.4) is 0 Å². The fourth-order valence-corrected chi connectivity index (χ4v) is 2.30. The maximum Gasteiger partial charge on any atom is 0.125 e. The van der Waals surface area contributed by atoms with Crippen LogP contribution < -0.4 is 10.4 Å². The number of nitrogens with one attached hydrogen (secondary N) is 1. The van der Waals surface area contributed by atoms with Gasteiger partial charge in [0, 0.05) is 12.1 Å². The number of thiocarbonyl (C=S) groups is 1. The highest BCUT2D eigenvalue weighted by Crippen LogP contribution is 2.20. The zero-order valence-electron chi connectivity index (χ0n) is 12.8. The smallest absolute Gasteiger partial charge is 0.125 e. The Hall–Kier alpha value is -1.87. The third-order valence-corrected chi connectivity index (χ3v) is 3.30. The van der Waals surface area contributed by atoms with Gasteiger partial charge in [0.2, 0.25) is 0 Å². The van der Waals surface area contributed by atoms with Gasteiger partial charge in [0.1, 0.15) is 4.99 Å². The lowest BCUT2D eigenvalue weighted by atomic mass is 9.96. The van der Waals surface area contributed by atoms with Crippen molar-refractivity contribution in [3.8, 4) is 0 Å². The number of anilines is 1. The van der Waals surface area contributed by atoms with Gasteiger partial charge in [-0.3, -0.25) is 10.4 Å². The summed E-state index contributed by atoms with van der Waals surface area (Å²) in [6.45, 7) is 7.52. The molecule has 21 heavy (non-hydrogen) atoms. The number of hydrogen-bond donors (Lipinski definition) is 1. The molecule has 0 saturated carbocycles. The summed E-state index contributed by atoms with van der Waals surface area (Å²) in [5, 5.41) is 2.12. The average Bonchev–Trinajstić information content (AvgIpc) is 2.47. The minimum atomic E-state index is 0.162. The van der Waals surface area contributed by atoms with Crippen molar-refractivity contribution in [1.29, 1.82) is 0 Å². The summed E-state index contributed by atoms with van der Waals surface area (Å²) in [6.07, 6.45) is 0. The fourth-order valence-electron chi connectivity index (χ4n) is 2.05. The largest absolute Gasteiger partial charge is 0.287 e. The second-order valence-electron chi connectivity index (χ2n) is 6.29. The van der Waals surface area contributed by atoms with E-state index in [-0.39, 0.29) is 5.41 Å². The van der Waals surface area contributed by atoms with Gasteiger partial charge in [-0.05, 0) is 17.5 Å². The first-order valence-electron chi connectivity index (χ1n) is 7.14. The molecular formula is C18H22N2S. The highest BCUT2D eigenvalue weighted by Gasteiger charge is 2.18. The molecule has 2 aromatic rings. The van der Waals surface area contributed by atoms with Gasteiger partial charge in [-0.25, -0.2) is 0 Å². The van der Waals surface area contributed by atoms with Crippen LogP contribution in [-0.2, 0) is 0 Å². The van der Waals surface area contributed by atoms with Gasteiger partial charge in [0.05, 0.1) is 5.69 Å². The Kier molecular flexibility index (Phi) is 4.97. The van der Waals surface area contributed by atoms with Gasteiger partial charge < -0.3 is 0 Å². The number of para-hydroxylation sites is 1. The third kappa shape index (κ3) is 4.87. The number of nitrogens with zero attached hydrogens (tertiary/aromatic N) is 1. The molecule has 0 saturated heterocycles. The number of hydrazine groups is 1. The van der Waals surface area contributed by atoms with Crippen LogP contribution in [0.15, 0.2) is 60.7 Å². The Morgan fingerprint density at radius 3 is 2.00 bits per heavy atom. The van der Waals surface area contributed by atoms with Crippen LogP contribution in [-0.4, -0.2) is 11.5 Å². The summed E-state index contributed by atoms with van der Waals surface area (Å²) in [4.78, 5) is 0.740. The van der Waals surface area contributed by atoms with Crippen molar-refractivity contribution < 1.29 is 0 Å². The predicted octanol–water partition coefficient (Wildman–Crippen LogP) is 4.42. The van der Waals surface area contributed by atoms with Crippen LogP contribution in [0.2, 0.25) is 0 Å². The van der Waals surface area contributed by atoms with Gasteiger partial charge in [0.15, 0.2) is 0 Å². The maximum absolute atomic E-state index is 5.53. The van der Waals surface area contributed by atoms with E-state index in [0.29, 0.717) is 0 Å². The zero-order valence-corrected chi connectivity index (χ0v) is 13.7. The average molecular weight is 298 g/mol. The molecule has 0 aromatic heterocycles. The Bertz CT molecular complexity index is 573. The monoisotopic (exact) mass is 298 g/mol. The zero-order chi connectivity index (χ0) is 15.3. The summed E-state index contributed by atoms with van der Waals surface area (Å²) in [7, 11) is 0. The van der Waals surface area contributed by atoms with E-state index in [1.165, 1.54) is 0 Å². The third-order valence-electron chi connectivity index (χ3n) is 2.97. The van der Waals surface area contributed by atoms with Crippen molar-refractivity contribution in [2.45, 2.75) is 20.8 Å². The summed E-state index contributed by atoms with van der Waals surface area (Å²) in [6, 6.07) is 20.3. The molecule has 0 fully saturated rings. The van der Waals surface area contributed by atoms with E-state index in [9.17, 15) is 0 Å². The predicted molar refractivity (Wildman–Crippen MR) is 94.5 cm³/mol. The molecule has 0 aliphatic rings. The lowest BCUT2D eigenvalue weighted by molar-refractivity contribution is 0.404. The van der Waals surface area contributed by atoms with E-state index < -0.39 is 0 Å². The Balaban J connectivity index is 2.19. The van der Waals surface area contributed by atoms with Gasteiger partial charge in [0.25, 0.3) is 0 Å². The van der Waals surface area contributed by atoms with E-state index in [1.807, 2.05) is 48.5 Å². The highest BCUT2D eigenvalue weighted by molar-refractivity contribution is 7.80. The van der Waals surface area contributed by atoms with Gasteiger partial charge >= 0.3 is 0 Å². The van der Waals surface area contributed by atoms with Crippen molar-refractivity contribution in [3.05, 3.63) is 66.2 Å². The van der Waals surface area contributed by atoms with Crippen LogP contribution in [0.1, 0.15) is 26.3 Å². The quantitative estimate of drug-likeness (QED) is 0.664. The molecule has 3 heteroatoms. The first kappa shape index (κ1) is 15.5. The Morgan fingerprint density at radius 2 is 1.48 bits per heavy atom. The first-order valence-corrected chi connectivity index (χ1v) is 7.55. The van der Waals surface area contributed by atoms with Crippen molar-refractivity contribution in [2.24, 2.45) is 5.41 Å². The minimum Gasteiger partial charge on any atom is -0.287 e. The Morgan fingerprint density at radius 1 is 0.952 bits per heavy atom. The lowest BCUT2D eigenvalue weighted by Gasteiger charge is -2.32. The van der Waals surface area contributed by atoms with Gasteiger partial charge in [-0.15, -0.1) is 0 Å². The molecule has 2 nitrogen and oxygen atoms in total. The fraction of sp³-hybridized carbons (Fsp3) is 0.278. The standard InChI is InChI=1S/C18H22N2S/c1-18(2,3)14-20(16-12-8-5-9-13-16)19-17(21)15-10-6-4-7-11-15/h4-13H,14H2,1-3H3,(H,19,21). The molecule has 2 aromatic carbocycles. The van der Waals surface area contributed by atoms with Crippen LogP contribution in [0.5, 0.6) is 0 Å². The SMILES string of the molecule is CC(C)(C)CN(NC(=S)c1ccccc1)c1ccccc1. The van der Waals surface area contributed by atoms with Crippen molar-refractivity contribution >= 4 is 22.9 Å². The Labute approximate surface area is 132 Å². The molecule has 0 spiro atoms. The second-order valence-corrected chi connectivity index (χ2v) is 6.70. The normalized spacial score (nSPS) is 11.0. The molecule has 0 atom stereocenters. The summed E-state index contributed by atoms with van der Waals surface area (Å²) in [5.74, 6) is 0. The van der Waals surface area contributed by atoms with Crippen molar-refractivity contribution in [3.63, 3.8) is 0 Å². The van der Waals surface area contributed by atoms with Crippen LogP contribution in [0.25, 0.3) is 0 Å². The molecule has 0 aliphatic heterocycles. The van der Waals surface area contributed by atoms with Crippen LogP contribution in [0, 0.1) is 5.41 Å². The first-order chi connectivity index (χ1) is 9.96. The van der Waals surface area contributed by atoms with E-state index >= 15 is 0 Å². The topological polar surface area (TPSA) is 15.3 Å². The minimum absolute atomic E-state index is 0.162. The second kappa shape index (κ2) is 6.72. The highest BCUT2D eigenvalue weighted by atomic mass is 32.1. The van der Waals surface area contributed by atoms with Crippen LogP contribution >= 0.6 is 12.2 Å². The van der Waals surface area contributed by atoms with Crippen LogP contribution in [0.4, 0.5) is 5.69 Å². The number of hydrogen-bond acceptors (Lipinski definition) is 2. The molecule has 1 N–H and O–H groups in total. The summed E-state index contributed by atoms with van der Waals surface area (Å²) >= 11 is 5.53. The molecular weight excluding hydrogens is 276 g/mol. The lowest BCUT2D eigenvalue weighted by Crippen LogP contribution is -2.46. The summed E-state index contributed by atoms with van der Waals surface area (Å²) in [5.41, 5.74) is 5.68. The van der Waals surface area contributed by atoms with Gasteiger partial charge in [-0.1, -0.05) is 81.5 Å². The molecule has 0 heterocycles. The number of benzene rings is 2. The summed E-state index contributed by atoms with van der Waals surface area (Å²) < 4.78 is 0. The molecule has 2 rings (SSSR count). The van der Waals surface area contributed by atoms with E-state index in [1.54, 1.807) is 0 Å². The molecule has 0 unspecified atom stereocenters. The number of rotatable bonds is 4. The molecule has 0 radical (unpaired) electrons.